The van der Waals surface area contributed by atoms with Crippen LogP contribution in [0.4, 0.5) is 5.69 Å². The first-order chi connectivity index (χ1) is 8.36. The van der Waals surface area contributed by atoms with Crippen molar-refractivity contribution in [1.82, 2.24) is 0 Å². The van der Waals surface area contributed by atoms with Gasteiger partial charge < -0.3 is 5.32 Å². The summed E-state index contributed by atoms with van der Waals surface area (Å²) in [6.45, 7) is 8.30. The smallest absolute Gasteiger partial charge is 0.240 e. The number of anilines is 1. The van der Waals surface area contributed by atoms with Gasteiger partial charge in [-0.3, -0.25) is 4.79 Å². The predicted octanol–water partition coefficient (Wildman–Crippen LogP) is 4.70. The molecule has 1 aromatic rings. The maximum Gasteiger partial charge on any atom is 0.240 e. The van der Waals surface area contributed by atoms with Crippen LogP contribution in [0, 0.1) is 0 Å². The third-order valence-electron chi connectivity index (χ3n) is 3.03. The van der Waals surface area contributed by atoms with E-state index in [1.807, 2.05) is 19.1 Å². The molecule has 0 saturated carbocycles. The van der Waals surface area contributed by atoms with Crippen LogP contribution in [0.25, 0.3) is 0 Å². The van der Waals surface area contributed by atoms with E-state index in [4.69, 9.17) is 0 Å². The first kappa shape index (κ1) is 15.2. The lowest BCUT2D eigenvalue weighted by atomic mass is 10.0. The van der Waals surface area contributed by atoms with Crippen LogP contribution in [-0.2, 0) is 4.79 Å². The molecule has 1 amide bonds. The average Bonchev–Trinajstić information content (AvgIpc) is 2.29. The average molecular weight is 312 g/mol. The summed E-state index contributed by atoms with van der Waals surface area (Å²) in [6, 6.07) is 8.04. The largest absolute Gasteiger partial charge is 0.325 e. The van der Waals surface area contributed by atoms with Gasteiger partial charge in [0, 0.05) is 5.69 Å². The van der Waals surface area contributed by atoms with Crippen LogP contribution in [0.15, 0.2) is 24.3 Å². The van der Waals surface area contributed by atoms with Gasteiger partial charge in [-0.2, -0.15) is 0 Å². The van der Waals surface area contributed by atoms with Crippen molar-refractivity contribution in [3.8, 4) is 0 Å². The number of amides is 1. The summed E-state index contributed by atoms with van der Waals surface area (Å²) in [4.78, 5) is 12.1. The molecule has 0 aliphatic heterocycles. The quantitative estimate of drug-likeness (QED) is 0.784. The molecular formula is C15H22BrNO. The standard InChI is InChI=1S/C15H22BrNO/c1-5-10-15(4,16)14(18)17-13-8-6-12(7-9-13)11(2)3/h6-9,11H,5,10H2,1-4H3,(H,17,18). The molecule has 0 spiro atoms. The van der Waals surface area contributed by atoms with Crippen LogP contribution in [0.5, 0.6) is 0 Å². The highest BCUT2D eigenvalue weighted by Crippen LogP contribution is 2.26. The third kappa shape index (κ3) is 4.13. The molecule has 0 heterocycles. The van der Waals surface area contributed by atoms with E-state index in [1.165, 1.54) is 5.56 Å². The van der Waals surface area contributed by atoms with Crippen LogP contribution in [0.2, 0.25) is 0 Å². The van der Waals surface area contributed by atoms with E-state index >= 15 is 0 Å². The molecule has 100 valence electrons. The molecule has 0 saturated heterocycles. The Morgan fingerprint density at radius 1 is 1.33 bits per heavy atom. The predicted molar refractivity (Wildman–Crippen MR) is 81.4 cm³/mol. The van der Waals surface area contributed by atoms with Crippen molar-refractivity contribution in [3.05, 3.63) is 29.8 Å². The Hall–Kier alpha value is -0.830. The van der Waals surface area contributed by atoms with E-state index in [-0.39, 0.29) is 5.91 Å². The highest BCUT2D eigenvalue weighted by Gasteiger charge is 2.28. The number of benzene rings is 1. The van der Waals surface area contributed by atoms with Gasteiger partial charge in [0.1, 0.15) is 4.32 Å². The number of carbonyl (C=O) groups excluding carboxylic acids is 1. The molecule has 0 radical (unpaired) electrons. The van der Waals surface area contributed by atoms with Gasteiger partial charge in [0.25, 0.3) is 0 Å². The summed E-state index contributed by atoms with van der Waals surface area (Å²) >= 11 is 3.49. The first-order valence-corrected chi connectivity index (χ1v) is 7.26. The monoisotopic (exact) mass is 311 g/mol. The topological polar surface area (TPSA) is 29.1 Å². The van der Waals surface area contributed by atoms with Crippen LogP contribution >= 0.6 is 15.9 Å². The van der Waals surface area contributed by atoms with Crippen molar-refractivity contribution in [2.45, 2.75) is 50.8 Å². The van der Waals surface area contributed by atoms with E-state index < -0.39 is 4.32 Å². The molecule has 0 aliphatic carbocycles. The van der Waals surface area contributed by atoms with Gasteiger partial charge >= 0.3 is 0 Å². The Morgan fingerprint density at radius 3 is 2.33 bits per heavy atom. The maximum absolute atomic E-state index is 12.1. The second kappa shape index (κ2) is 6.37. The Kier molecular flexibility index (Phi) is 5.39. The normalized spacial score (nSPS) is 14.3. The van der Waals surface area contributed by atoms with E-state index in [2.05, 4.69) is 54.2 Å². The minimum atomic E-state index is -0.488. The Bertz CT molecular complexity index is 395. The van der Waals surface area contributed by atoms with Crippen molar-refractivity contribution in [2.24, 2.45) is 0 Å². The summed E-state index contributed by atoms with van der Waals surface area (Å²) in [6.07, 6.45) is 1.80. The summed E-state index contributed by atoms with van der Waals surface area (Å²) in [7, 11) is 0. The SMILES string of the molecule is CCCC(C)(Br)C(=O)Nc1ccc(C(C)C)cc1. The molecule has 0 aromatic heterocycles. The molecule has 0 fully saturated rings. The van der Waals surface area contributed by atoms with Gasteiger partial charge in [-0.15, -0.1) is 0 Å². The number of hydrogen-bond donors (Lipinski definition) is 1. The molecule has 2 nitrogen and oxygen atoms in total. The minimum Gasteiger partial charge on any atom is -0.325 e. The highest BCUT2D eigenvalue weighted by molar-refractivity contribution is 9.10. The first-order valence-electron chi connectivity index (χ1n) is 6.47. The van der Waals surface area contributed by atoms with Gasteiger partial charge in [0.05, 0.1) is 0 Å². The Morgan fingerprint density at radius 2 is 1.89 bits per heavy atom. The van der Waals surface area contributed by atoms with Crippen molar-refractivity contribution in [1.29, 1.82) is 0 Å². The number of rotatable bonds is 5. The zero-order valence-electron chi connectivity index (χ0n) is 11.6. The fourth-order valence-corrected chi connectivity index (χ4v) is 2.29. The lowest BCUT2D eigenvalue weighted by molar-refractivity contribution is -0.118. The van der Waals surface area contributed by atoms with Crippen LogP contribution < -0.4 is 5.32 Å². The summed E-state index contributed by atoms with van der Waals surface area (Å²) in [5, 5.41) is 2.95. The molecule has 1 unspecified atom stereocenters. The van der Waals surface area contributed by atoms with E-state index in [9.17, 15) is 4.79 Å². The second-order valence-electron chi connectivity index (χ2n) is 5.18. The molecule has 0 bridgehead atoms. The van der Waals surface area contributed by atoms with Gasteiger partial charge in [0.15, 0.2) is 0 Å². The highest BCUT2D eigenvalue weighted by atomic mass is 79.9. The van der Waals surface area contributed by atoms with Crippen molar-refractivity contribution >= 4 is 27.5 Å². The molecule has 0 aliphatic rings. The lowest BCUT2D eigenvalue weighted by Crippen LogP contribution is -2.34. The van der Waals surface area contributed by atoms with Crippen LogP contribution in [-0.4, -0.2) is 10.2 Å². The number of hydrogen-bond acceptors (Lipinski definition) is 1. The number of nitrogens with one attached hydrogen (secondary N) is 1. The summed E-state index contributed by atoms with van der Waals surface area (Å²) in [5.41, 5.74) is 2.13. The fourth-order valence-electron chi connectivity index (χ4n) is 1.80. The molecule has 18 heavy (non-hydrogen) atoms. The maximum atomic E-state index is 12.1. The van der Waals surface area contributed by atoms with Gasteiger partial charge in [-0.25, -0.2) is 0 Å². The van der Waals surface area contributed by atoms with E-state index in [1.54, 1.807) is 0 Å². The Labute approximate surface area is 118 Å². The second-order valence-corrected chi connectivity index (χ2v) is 6.93. The van der Waals surface area contributed by atoms with Crippen molar-refractivity contribution < 1.29 is 4.79 Å². The Balaban J connectivity index is 2.70. The summed E-state index contributed by atoms with van der Waals surface area (Å²) in [5.74, 6) is 0.526. The minimum absolute atomic E-state index is 0.0154. The fraction of sp³-hybridized carbons (Fsp3) is 0.533. The van der Waals surface area contributed by atoms with Crippen LogP contribution in [0.3, 0.4) is 0 Å². The number of carbonyl (C=O) groups is 1. The van der Waals surface area contributed by atoms with Gasteiger partial charge in [-0.05, 0) is 37.0 Å². The van der Waals surface area contributed by atoms with Crippen molar-refractivity contribution in [2.75, 3.05) is 5.32 Å². The van der Waals surface area contributed by atoms with Gasteiger partial charge in [0.2, 0.25) is 5.91 Å². The third-order valence-corrected chi connectivity index (χ3v) is 3.78. The summed E-state index contributed by atoms with van der Waals surface area (Å²) < 4.78 is -0.488. The van der Waals surface area contributed by atoms with E-state index in [0.717, 1.165) is 18.5 Å². The zero-order chi connectivity index (χ0) is 13.8. The molecular weight excluding hydrogens is 290 g/mol. The number of halogens is 1. The molecule has 1 atom stereocenters. The van der Waals surface area contributed by atoms with Gasteiger partial charge in [-0.1, -0.05) is 55.3 Å². The van der Waals surface area contributed by atoms with Crippen LogP contribution in [0.1, 0.15) is 52.0 Å². The zero-order valence-corrected chi connectivity index (χ0v) is 13.2. The molecule has 3 heteroatoms. The van der Waals surface area contributed by atoms with E-state index in [0.29, 0.717) is 5.92 Å². The molecule has 1 N–H and O–H groups in total. The lowest BCUT2D eigenvalue weighted by Gasteiger charge is -2.21. The van der Waals surface area contributed by atoms with Crippen molar-refractivity contribution in [3.63, 3.8) is 0 Å². The molecule has 1 rings (SSSR count). The molecule has 1 aromatic carbocycles. The number of alkyl halides is 1.